The summed E-state index contributed by atoms with van der Waals surface area (Å²) in [6, 6.07) is 19.0. The number of carboxylic acid groups (broad SMARTS) is 1. The zero-order chi connectivity index (χ0) is 24.2. The molecular formula is C25H19N3O6. The monoisotopic (exact) mass is 457 g/mol. The number of hydrazone groups is 1. The van der Waals surface area contributed by atoms with Crippen molar-refractivity contribution in [3.63, 3.8) is 0 Å². The van der Waals surface area contributed by atoms with Crippen molar-refractivity contribution in [3.05, 3.63) is 105 Å². The molecule has 0 saturated carbocycles. The van der Waals surface area contributed by atoms with Gasteiger partial charge in [-0.15, -0.1) is 0 Å². The third-order valence-corrected chi connectivity index (χ3v) is 5.07. The summed E-state index contributed by atoms with van der Waals surface area (Å²) in [5.74, 6) is -1.25. The van der Waals surface area contributed by atoms with Gasteiger partial charge in [-0.05, 0) is 37.3 Å². The lowest BCUT2D eigenvalue weighted by molar-refractivity contribution is -0.384. The van der Waals surface area contributed by atoms with E-state index in [1.54, 1.807) is 37.3 Å². The van der Waals surface area contributed by atoms with Crippen molar-refractivity contribution >= 4 is 35.0 Å². The lowest BCUT2D eigenvalue weighted by atomic mass is 9.99. The number of carbonyl (C=O) groups is 2. The maximum absolute atomic E-state index is 13.5. The Balaban J connectivity index is 1.87. The second-order valence-corrected chi connectivity index (χ2v) is 7.26. The third kappa shape index (κ3) is 4.40. The van der Waals surface area contributed by atoms with Gasteiger partial charge in [0.2, 0.25) is 0 Å². The van der Waals surface area contributed by atoms with Crippen LogP contribution in [0.5, 0.6) is 5.75 Å². The van der Waals surface area contributed by atoms with Gasteiger partial charge in [0.15, 0.2) is 0 Å². The molecule has 0 unspecified atom stereocenters. The largest absolute Gasteiger partial charge is 0.493 e. The van der Waals surface area contributed by atoms with Gasteiger partial charge >= 0.3 is 5.97 Å². The minimum absolute atomic E-state index is 0.0107. The van der Waals surface area contributed by atoms with E-state index < -0.39 is 16.8 Å². The van der Waals surface area contributed by atoms with E-state index in [-0.39, 0.29) is 22.5 Å². The van der Waals surface area contributed by atoms with Crippen molar-refractivity contribution in [2.24, 2.45) is 5.10 Å². The molecule has 34 heavy (non-hydrogen) atoms. The second kappa shape index (κ2) is 9.37. The van der Waals surface area contributed by atoms with Gasteiger partial charge in [-0.3, -0.25) is 14.9 Å². The van der Waals surface area contributed by atoms with Crippen LogP contribution in [-0.4, -0.2) is 34.2 Å². The summed E-state index contributed by atoms with van der Waals surface area (Å²) in [6.07, 6.45) is 1.51. The van der Waals surface area contributed by atoms with Gasteiger partial charge in [0.25, 0.3) is 11.6 Å². The lowest BCUT2D eigenvalue weighted by Gasteiger charge is -2.12. The van der Waals surface area contributed by atoms with E-state index in [4.69, 9.17) is 4.74 Å². The number of ether oxygens (including phenoxy) is 1. The SMILES string of the molecule is CCOc1ccc([N+](=O)[O-])cc1/C=C1\C(=O)N(c2cccc(C(=O)O)c2)N=C1c1ccccc1. The molecule has 1 aliphatic rings. The molecule has 3 aromatic carbocycles. The summed E-state index contributed by atoms with van der Waals surface area (Å²) in [7, 11) is 0. The van der Waals surface area contributed by atoms with Crippen LogP contribution in [0.4, 0.5) is 11.4 Å². The van der Waals surface area contributed by atoms with Crippen molar-refractivity contribution in [1.29, 1.82) is 0 Å². The average molecular weight is 457 g/mol. The van der Waals surface area contributed by atoms with Crippen molar-refractivity contribution in [1.82, 2.24) is 0 Å². The van der Waals surface area contributed by atoms with Crippen LogP contribution in [0, 0.1) is 10.1 Å². The number of aromatic carboxylic acids is 1. The van der Waals surface area contributed by atoms with Crippen LogP contribution in [0.15, 0.2) is 83.5 Å². The van der Waals surface area contributed by atoms with Gasteiger partial charge in [-0.25, -0.2) is 4.79 Å². The van der Waals surface area contributed by atoms with Crippen molar-refractivity contribution < 1.29 is 24.4 Å². The second-order valence-electron chi connectivity index (χ2n) is 7.26. The number of hydrogen-bond donors (Lipinski definition) is 1. The van der Waals surface area contributed by atoms with Crippen LogP contribution in [0.3, 0.4) is 0 Å². The number of carbonyl (C=O) groups excluding carboxylic acids is 1. The summed E-state index contributed by atoms with van der Waals surface area (Å²) in [4.78, 5) is 35.7. The number of amides is 1. The highest BCUT2D eigenvalue weighted by Gasteiger charge is 2.32. The molecule has 1 amide bonds. The molecule has 0 fully saturated rings. The molecule has 0 aliphatic carbocycles. The van der Waals surface area contributed by atoms with E-state index in [1.165, 1.54) is 42.5 Å². The fraction of sp³-hybridized carbons (Fsp3) is 0.0800. The van der Waals surface area contributed by atoms with Gasteiger partial charge in [0, 0.05) is 23.3 Å². The van der Waals surface area contributed by atoms with Gasteiger partial charge in [0.1, 0.15) is 11.5 Å². The van der Waals surface area contributed by atoms with Crippen LogP contribution in [0.25, 0.3) is 6.08 Å². The number of non-ortho nitro benzene ring substituents is 1. The highest BCUT2D eigenvalue weighted by atomic mass is 16.6. The first-order valence-electron chi connectivity index (χ1n) is 10.3. The molecule has 0 saturated heterocycles. The Kier molecular flexibility index (Phi) is 6.18. The summed E-state index contributed by atoms with van der Waals surface area (Å²) >= 11 is 0. The number of benzene rings is 3. The maximum atomic E-state index is 13.5. The smallest absolute Gasteiger partial charge is 0.335 e. The molecule has 1 N–H and O–H groups in total. The quantitative estimate of drug-likeness (QED) is 0.316. The topological polar surface area (TPSA) is 122 Å². The predicted octanol–water partition coefficient (Wildman–Crippen LogP) is 4.53. The van der Waals surface area contributed by atoms with Gasteiger partial charge in [-0.2, -0.15) is 10.1 Å². The highest BCUT2D eigenvalue weighted by Crippen LogP contribution is 2.32. The van der Waals surface area contributed by atoms with Crippen LogP contribution < -0.4 is 9.75 Å². The molecule has 4 rings (SSSR count). The van der Waals surface area contributed by atoms with E-state index in [9.17, 15) is 24.8 Å². The molecule has 0 radical (unpaired) electrons. The first-order chi connectivity index (χ1) is 16.4. The molecule has 3 aromatic rings. The van der Waals surface area contributed by atoms with Crippen molar-refractivity contribution in [3.8, 4) is 5.75 Å². The Labute approximate surface area is 194 Å². The Morgan fingerprint density at radius 2 is 1.88 bits per heavy atom. The van der Waals surface area contributed by atoms with Crippen LogP contribution in [0.1, 0.15) is 28.4 Å². The zero-order valence-electron chi connectivity index (χ0n) is 18.0. The standard InChI is InChI=1S/C25H19N3O6/c1-2-34-22-12-11-20(28(32)33)14-18(22)15-21-23(16-7-4-3-5-8-16)26-27(24(21)29)19-10-6-9-17(13-19)25(30)31/h3-15H,2H2,1H3,(H,30,31)/b21-15-. The Morgan fingerprint density at radius 3 is 2.56 bits per heavy atom. The number of rotatable bonds is 7. The fourth-order valence-electron chi connectivity index (χ4n) is 3.50. The predicted molar refractivity (Wildman–Crippen MR) is 126 cm³/mol. The van der Waals surface area contributed by atoms with Crippen molar-refractivity contribution in [2.45, 2.75) is 6.92 Å². The van der Waals surface area contributed by atoms with Gasteiger partial charge in [-0.1, -0.05) is 36.4 Å². The Hall–Kier alpha value is -4.79. The molecule has 9 heteroatoms. The third-order valence-electron chi connectivity index (χ3n) is 5.07. The minimum Gasteiger partial charge on any atom is -0.493 e. The molecule has 0 bridgehead atoms. The molecular weight excluding hydrogens is 438 g/mol. The van der Waals surface area contributed by atoms with Crippen LogP contribution in [0.2, 0.25) is 0 Å². The molecule has 1 aliphatic heterocycles. The Morgan fingerprint density at radius 1 is 1.12 bits per heavy atom. The highest BCUT2D eigenvalue weighted by molar-refractivity contribution is 6.37. The van der Waals surface area contributed by atoms with Gasteiger partial charge in [0.05, 0.1) is 28.4 Å². The molecule has 170 valence electrons. The van der Waals surface area contributed by atoms with E-state index >= 15 is 0 Å². The molecule has 0 spiro atoms. The summed E-state index contributed by atoms with van der Waals surface area (Å²) in [6.45, 7) is 2.11. The molecule has 1 heterocycles. The summed E-state index contributed by atoms with van der Waals surface area (Å²) < 4.78 is 5.61. The van der Waals surface area contributed by atoms with E-state index in [1.807, 2.05) is 6.07 Å². The number of nitro groups is 1. The van der Waals surface area contributed by atoms with E-state index in [0.717, 1.165) is 5.01 Å². The first-order valence-corrected chi connectivity index (χ1v) is 10.3. The minimum atomic E-state index is -1.13. The van der Waals surface area contributed by atoms with E-state index in [2.05, 4.69) is 5.10 Å². The lowest BCUT2D eigenvalue weighted by Crippen LogP contribution is -2.21. The number of nitrogens with zero attached hydrogens (tertiary/aromatic N) is 3. The number of nitro benzene ring substituents is 1. The summed E-state index contributed by atoms with van der Waals surface area (Å²) in [5, 5.41) is 26.3. The molecule has 0 aromatic heterocycles. The average Bonchev–Trinajstić information content (AvgIpc) is 3.16. The molecule has 0 atom stereocenters. The number of anilines is 1. The van der Waals surface area contributed by atoms with Gasteiger partial charge < -0.3 is 9.84 Å². The van der Waals surface area contributed by atoms with E-state index in [0.29, 0.717) is 29.2 Å². The van der Waals surface area contributed by atoms with Crippen LogP contribution in [-0.2, 0) is 4.79 Å². The summed E-state index contributed by atoms with van der Waals surface area (Å²) in [5.41, 5.74) is 1.69. The number of carboxylic acids is 1. The maximum Gasteiger partial charge on any atom is 0.335 e. The number of hydrogen-bond acceptors (Lipinski definition) is 6. The zero-order valence-corrected chi connectivity index (χ0v) is 18.0. The molecule has 9 nitrogen and oxygen atoms in total. The van der Waals surface area contributed by atoms with Crippen LogP contribution >= 0.6 is 0 Å². The fourth-order valence-corrected chi connectivity index (χ4v) is 3.50. The normalized spacial score (nSPS) is 14.3. The first kappa shape index (κ1) is 22.4. The Bertz CT molecular complexity index is 1350. The van der Waals surface area contributed by atoms with Crippen molar-refractivity contribution in [2.75, 3.05) is 11.6 Å².